The van der Waals surface area contributed by atoms with Gasteiger partial charge in [-0.3, -0.25) is 4.79 Å². The number of nitrogens with zero attached hydrogens (tertiary/aromatic N) is 2. The van der Waals surface area contributed by atoms with Crippen LogP contribution >= 0.6 is 62.2 Å². The number of anilines is 1. The Bertz CT molecular complexity index is 1200. The molecule has 4 nitrogen and oxygen atoms in total. The van der Waals surface area contributed by atoms with Crippen LogP contribution in [0, 0.1) is 0 Å². The molecule has 0 aliphatic rings. The van der Waals surface area contributed by atoms with Crippen molar-refractivity contribution in [3.8, 4) is 11.1 Å². The molecule has 146 valence electrons. The fraction of sp³-hybridized carbons (Fsp3) is 0.0500. The molecule has 4 rings (SSSR count). The number of fused-ring (bicyclic) bond motifs is 1. The second kappa shape index (κ2) is 9.02. The van der Waals surface area contributed by atoms with Crippen LogP contribution in [0.25, 0.3) is 21.3 Å². The lowest BCUT2D eigenvalue weighted by molar-refractivity contribution is -0.113. The quantitative estimate of drug-likeness (QED) is 0.222. The minimum absolute atomic E-state index is 0.175. The maximum absolute atomic E-state index is 12.4. The van der Waals surface area contributed by atoms with E-state index in [1.54, 1.807) is 29.5 Å². The molecule has 1 amide bonds. The number of halogens is 3. The molecular weight excluding hydrogens is 513 g/mol. The molecule has 2 aromatic carbocycles. The molecule has 0 radical (unpaired) electrons. The third-order valence-electron chi connectivity index (χ3n) is 4.04. The van der Waals surface area contributed by atoms with Gasteiger partial charge in [-0.05, 0) is 35.9 Å². The van der Waals surface area contributed by atoms with E-state index in [-0.39, 0.29) is 11.7 Å². The molecule has 9 heteroatoms. The van der Waals surface area contributed by atoms with Gasteiger partial charge in [-0.25, -0.2) is 9.97 Å². The van der Waals surface area contributed by atoms with Crippen LogP contribution in [0.3, 0.4) is 0 Å². The summed E-state index contributed by atoms with van der Waals surface area (Å²) in [5, 5.41) is 7.52. The number of amides is 1. The number of hydrogen-bond acceptors (Lipinski definition) is 5. The highest BCUT2D eigenvalue weighted by molar-refractivity contribution is 9.10. The third-order valence-corrected chi connectivity index (χ3v) is 6.99. The second-order valence-electron chi connectivity index (χ2n) is 5.98. The molecule has 0 spiro atoms. The number of thiophene rings is 1. The molecule has 2 heterocycles. The molecule has 0 saturated heterocycles. The smallest absolute Gasteiger partial charge is 0.234 e. The highest BCUT2D eigenvalue weighted by atomic mass is 79.9. The van der Waals surface area contributed by atoms with Gasteiger partial charge in [-0.2, -0.15) is 0 Å². The van der Waals surface area contributed by atoms with Crippen molar-refractivity contribution in [3.05, 3.63) is 68.7 Å². The zero-order chi connectivity index (χ0) is 20.4. The predicted octanol–water partition coefficient (Wildman–Crippen LogP) is 7.16. The number of nitrogens with one attached hydrogen (secondary N) is 1. The van der Waals surface area contributed by atoms with Gasteiger partial charge in [-0.15, -0.1) is 11.3 Å². The first kappa shape index (κ1) is 20.6. The minimum atomic E-state index is -0.175. The van der Waals surface area contributed by atoms with E-state index in [0.717, 1.165) is 30.8 Å². The Morgan fingerprint density at radius 1 is 1.14 bits per heavy atom. The average molecular weight is 525 g/mol. The Morgan fingerprint density at radius 2 is 1.93 bits per heavy atom. The molecule has 4 aromatic rings. The lowest BCUT2D eigenvalue weighted by atomic mass is 10.1. The van der Waals surface area contributed by atoms with Gasteiger partial charge in [0.25, 0.3) is 0 Å². The first-order valence-corrected chi connectivity index (χ1v) is 11.8. The summed E-state index contributed by atoms with van der Waals surface area (Å²) in [6, 6.07) is 13.0. The Hall–Kier alpha value is -1.64. The second-order valence-corrected chi connectivity index (χ2v) is 9.56. The molecule has 29 heavy (non-hydrogen) atoms. The zero-order valence-electron chi connectivity index (χ0n) is 14.7. The fourth-order valence-corrected chi connectivity index (χ4v) is 5.22. The van der Waals surface area contributed by atoms with Crippen molar-refractivity contribution in [3.63, 3.8) is 0 Å². The normalized spacial score (nSPS) is 11.0. The predicted molar refractivity (Wildman–Crippen MR) is 126 cm³/mol. The molecule has 1 N–H and O–H groups in total. The summed E-state index contributed by atoms with van der Waals surface area (Å²) in [5.41, 5.74) is 2.66. The summed E-state index contributed by atoms with van der Waals surface area (Å²) < 4.78 is 1.02. The van der Waals surface area contributed by atoms with Crippen LogP contribution in [0.15, 0.2) is 63.7 Å². The van der Waals surface area contributed by atoms with Crippen molar-refractivity contribution in [2.75, 3.05) is 11.1 Å². The molecular formula is C20H12BrCl2N3OS2. The van der Waals surface area contributed by atoms with Crippen LogP contribution < -0.4 is 5.32 Å². The van der Waals surface area contributed by atoms with E-state index in [2.05, 4.69) is 36.6 Å². The number of benzene rings is 2. The highest BCUT2D eigenvalue weighted by Crippen LogP contribution is 2.38. The molecule has 2 aromatic heterocycles. The summed E-state index contributed by atoms with van der Waals surface area (Å²) >= 11 is 18.4. The number of rotatable bonds is 5. The van der Waals surface area contributed by atoms with Gasteiger partial charge in [0, 0.05) is 20.4 Å². The zero-order valence-corrected chi connectivity index (χ0v) is 19.4. The standard InChI is InChI=1S/C20H12BrCl2N3OS2/c21-12-3-1-11(2-4-12)14-8-28-19-18(14)20(25-10-24-19)29-9-17(27)26-16-6-5-13(22)7-15(16)23/h1-8,10H,9H2,(H,26,27). The van der Waals surface area contributed by atoms with Gasteiger partial charge in [0.2, 0.25) is 5.91 Å². The minimum Gasteiger partial charge on any atom is -0.324 e. The highest BCUT2D eigenvalue weighted by Gasteiger charge is 2.15. The van der Waals surface area contributed by atoms with Gasteiger partial charge in [-0.1, -0.05) is 63.0 Å². The van der Waals surface area contributed by atoms with Crippen molar-refractivity contribution < 1.29 is 4.79 Å². The maximum Gasteiger partial charge on any atom is 0.234 e. The molecule has 0 bridgehead atoms. The first-order chi connectivity index (χ1) is 14.0. The van der Waals surface area contributed by atoms with Crippen molar-refractivity contribution in [1.29, 1.82) is 0 Å². The van der Waals surface area contributed by atoms with Gasteiger partial charge >= 0.3 is 0 Å². The number of carbonyl (C=O) groups is 1. The molecule has 0 unspecified atom stereocenters. The number of aromatic nitrogens is 2. The number of thioether (sulfide) groups is 1. The van der Waals surface area contributed by atoms with Crippen LogP contribution in [0.1, 0.15) is 0 Å². The van der Waals surface area contributed by atoms with Crippen LogP contribution in [0.5, 0.6) is 0 Å². The number of carbonyl (C=O) groups excluding carboxylic acids is 1. The van der Waals surface area contributed by atoms with E-state index < -0.39 is 0 Å². The number of hydrogen-bond donors (Lipinski definition) is 1. The van der Waals surface area contributed by atoms with Crippen LogP contribution in [0.2, 0.25) is 10.0 Å². The van der Waals surface area contributed by atoms with Gasteiger partial charge in [0.05, 0.1) is 21.8 Å². The summed E-state index contributed by atoms with van der Waals surface area (Å²) in [4.78, 5) is 22.1. The largest absolute Gasteiger partial charge is 0.324 e. The lowest BCUT2D eigenvalue weighted by Gasteiger charge is -2.08. The monoisotopic (exact) mass is 523 g/mol. The summed E-state index contributed by atoms with van der Waals surface area (Å²) in [7, 11) is 0. The Labute approximate surface area is 193 Å². The SMILES string of the molecule is O=C(CSc1ncnc2scc(-c3ccc(Br)cc3)c12)Nc1ccc(Cl)cc1Cl. The Morgan fingerprint density at radius 3 is 2.69 bits per heavy atom. The van der Waals surface area contributed by atoms with Crippen molar-refractivity contribution in [2.45, 2.75) is 5.03 Å². The van der Waals surface area contributed by atoms with Crippen LogP contribution in [-0.2, 0) is 4.79 Å². The summed E-state index contributed by atoms with van der Waals surface area (Å²) in [6.45, 7) is 0. The van der Waals surface area contributed by atoms with E-state index in [1.807, 2.05) is 24.3 Å². The molecule has 0 aliphatic carbocycles. The molecule has 0 atom stereocenters. The Kier molecular flexibility index (Phi) is 6.41. The fourth-order valence-electron chi connectivity index (χ4n) is 2.71. The average Bonchev–Trinajstić information content (AvgIpc) is 3.14. The van der Waals surface area contributed by atoms with Gasteiger partial charge in [0.15, 0.2) is 0 Å². The third kappa shape index (κ3) is 4.75. The maximum atomic E-state index is 12.4. The van der Waals surface area contributed by atoms with E-state index in [0.29, 0.717) is 15.7 Å². The molecule has 0 saturated carbocycles. The van der Waals surface area contributed by atoms with Crippen molar-refractivity contribution in [1.82, 2.24) is 9.97 Å². The molecule has 0 fully saturated rings. The van der Waals surface area contributed by atoms with E-state index in [4.69, 9.17) is 23.2 Å². The van der Waals surface area contributed by atoms with Crippen LogP contribution in [0.4, 0.5) is 5.69 Å². The first-order valence-electron chi connectivity index (χ1n) is 8.37. The van der Waals surface area contributed by atoms with E-state index in [9.17, 15) is 4.79 Å². The molecule has 0 aliphatic heterocycles. The van der Waals surface area contributed by atoms with Crippen molar-refractivity contribution >= 4 is 84.0 Å². The summed E-state index contributed by atoms with van der Waals surface area (Å²) in [6.07, 6.45) is 1.53. The topological polar surface area (TPSA) is 54.9 Å². The lowest BCUT2D eigenvalue weighted by Crippen LogP contribution is -2.14. The summed E-state index contributed by atoms with van der Waals surface area (Å²) in [5.74, 6) is 0.0205. The Balaban J connectivity index is 1.55. The van der Waals surface area contributed by atoms with Gasteiger partial charge < -0.3 is 5.32 Å². The van der Waals surface area contributed by atoms with Crippen LogP contribution in [-0.4, -0.2) is 21.6 Å². The van der Waals surface area contributed by atoms with E-state index in [1.165, 1.54) is 18.1 Å². The van der Waals surface area contributed by atoms with E-state index >= 15 is 0 Å². The van der Waals surface area contributed by atoms with Gasteiger partial charge in [0.1, 0.15) is 16.2 Å². The van der Waals surface area contributed by atoms with Crippen molar-refractivity contribution in [2.24, 2.45) is 0 Å².